The van der Waals surface area contributed by atoms with E-state index in [-0.39, 0.29) is 16.6 Å². The van der Waals surface area contributed by atoms with Crippen LogP contribution in [0, 0.1) is 22.7 Å². The first-order valence-corrected chi connectivity index (χ1v) is 8.69. The summed E-state index contributed by atoms with van der Waals surface area (Å²) in [6.07, 6.45) is 4.55. The van der Waals surface area contributed by atoms with E-state index in [9.17, 15) is 4.39 Å². The van der Waals surface area contributed by atoms with Gasteiger partial charge >= 0.3 is 0 Å². The molecule has 0 bridgehead atoms. The maximum atomic E-state index is 13.4. The minimum absolute atomic E-state index is 0.131. The standard InChI is InChI=1S/C23H26F/c1-22(2)15-19(14-17-8-6-5-7-9-17)21(23(3,4)16-22)18-10-12-20(24)13-11-18/h6-14,21H,15-16H2,1-4H3. The molecular weight excluding hydrogens is 295 g/mol. The first-order chi connectivity index (χ1) is 11.3. The molecule has 1 saturated carbocycles. The SMILES string of the molecule is CC1(C)CC(=Cc2cc[c]cc2)C(c2ccc(F)cc2)C(C)(C)C1. The highest BCUT2D eigenvalue weighted by atomic mass is 19.1. The summed E-state index contributed by atoms with van der Waals surface area (Å²) in [5.41, 5.74) is 4.27. The molecular formula is C23H26F. The van der Waals surface area contributed by atoms with Crippen LogP contribution < -0.4 is 0 Å². The predicted molar refractivity (Wildman–Crippen MR) is 99.2 cm³/mol. The molecule has 24 heavy (non-hydrogen) atoms. The largest absolute Gasteiger partial charge is 0.207 e. The van der Waals surface area contributed by atoms with Gasteiger partial charge in [0.2, 0.25) is 0 Å². The van der Waals surface area contributed by atoms with Crippen molar-refractivity contribution in [3.05, 3.63) is 77.1 Å². The van der Waals surface area contributed by atoms with Crippen molar-refractivity contribution >= 4 is 6.08 Å². The average Bonchev–Trinajstić information content (AvgIpc) is 2.47. The van der Waals surface area contributed by atoms with Crippen molar-refractivity contribution < 1.29 is 4.39 Å². The summed E-state index contributed by atoms with van der Waals surface area (Å²) in [5.74, 6) is 0.145. The second-order valence-corrected chi connectivity index (χ2v) is 8.54. The van der Waals surface area contributed by atoms with Crippen LogP contribution in [0.1, 0.15) is 57.6 Å². The molecule has 1 aliphatic carbocycles. The van der Waals surface area contributed by atoms with Crippen LogP contribution in [0.5, 0.6) is 0 Å². The molecule has 0 N–H and O–H groups in total. The summed E-state index contributed by atoms with van der Waals surface area (Å²) in [6.45, 7) is 9.38. The Hall–Kier alpha value is -1.89. The third-order valence-corrected chi connectivity index (χ3v) is 5.07. The molecule has 3 rings (SSSR count). The van der Waals surface area contributed by atoms with Gasteiger partial charge in [0.25, 0.3) is 0 Å². The number of benzene rings is 2. The molecule has 0 aliphatic heterocycles. The highest BCUT2D eigenvalue weighted by Crippen LogP contribution is 2.56. The lowest BCUT2D eigenvalue weighted by Crippen LogP contribution is -2.36. The third kappa shape index (κ3) is 3.61. The normalized spacial score (nSPS) is 24.0. The lowest BCUT2D eigenvalue weighted by molar-refractivity contribution is 0.131. The van der Waals surface area contributed by atoms with Gasteiger partial charge in [0.05, 0.1) is 0 Å². The van der Waals surface area contributed by atoms with Crippen molar-refractivity contribution in [2.75, 3.05) is 0 Å². The first kappa shape index (κ1) is 17.0. The van der Waals surface area contributed by atoms with Gasteiger partial charge in [0.15, 0.2) is 0 Å². The summed E-state index contributed by atoms with van der Waals surface area (Å²) < 4.78 is 13.4. The fourth-order valence-electron chi connectivity index (χ4n) is 4.72. The fraction of sp³-hybridized carbons (Fsp3) is 0.391. The average molecular weight is 321 g/mol. The maximum absolute atomic E-state index is 13.4. The highest BCUT2D eigenvalue weighted by Gasteiger charge is 2.43. The molecule has 1 fully saturated rings. The Morgan fingerprint density at radius 2 is 1.62 bits per heavy atom. The molecule has 125 valence electrons. The Kier molecular flexibility index (Phi) is 4.38. The van der Waals surface area contributed by atoms with Gasteiger partial charge in [-0.15, -0.1) is 0 Å². The monoisotopic (exact) mass is 321 g/mol. The second kappa shape index (κ2) is 6.20. The molecule has 2 aromatic rings. The molecule has 0 saturated heterocycles. The van der Waals surface area contributed by atoms with Crippen LogP contribution in [0.3, 0.4) is 0 Å². The minimum atomic E-state index is -0.170. The highest BCUT2D eigenvalue weighted by molar-refractivity contribution is 5.56. The number of hydrogen-bond acceptors (Lipinski definition) is 0. The Labute approximate surface area is 145 Å². The van der Waals surface area contributed by atoms with Crippen molar-refractivity contribution in [2.24, 2.45) is 10.8 Å². The van der Waals surface area contributed by atoms with Crippen molar-refractivity contribution in [3.63, 3.8) is 0 Å². The topological polar surface area (TPSA) is 0 Å². The summed E-state index contributed by atoms with van der Waals surface area (Å²) in [4.78, 5) is 0. The second-order valence-electron chi connectivity index (χ2n) is 8.54. The number of rotatable bonds is 2. The molecule has 0 heterocycles. The lowest BCUT2D eigenvalue weighted by atomic mass is 9.56. The van der Waals surface area contributed by atoms with Crippen LogP contribution in [-0.2, 0) is 0 Å². The van der Waals surface area contributed by atoms with E-state index in [1.165, 1.54) is 16.7 Å². The van der Waals surface area contributed by atoms with Crippen LogP contribution in [-0.4, -0.2) is 0 Å². The first-order valence-electron chi connectivity index (χ1n) is 8.69. The van der Waals surface area contributed by atoms with E-state index in [4.69, 9.17) is 0 Å². The van der Waals surface area contributed by atoms with Gasteiger partial charge in [-0.2, -0.15) is 0 Å². The van der Waals surface area contributed by atoms with Crippen LogP contribution >= 0.6 is 0 Å². The number of halogens is 1. The smallest absolute Gasteiger partial charge is 0.123 e. The third-order valence-electron chi connectivity index (χ3n) is 5.07. The summed E-state index contributed by atoms with van der Waals surface area (Å²) in [6, 6.07) is 18.3. The van der Waals surface area contributed by atoms with Crippen LogP contribution in [0.2, 0.25) is 0 Å². The van der Waals surface area contributed by atoms with Crippen LogP contribution in [0.15, 0.2) is 54.1 Å². The number of allylic oxidation sites excluding steroid dienone is 1. The van der Waals surface area contributed by atoms with E-state index < -0.39 is 0 Å². The van der Waals surface area contributed by atoms with Gasteiger partial charge in [-0.1, -0.05) is 75.7 Å². The Morgan fingerprint density at radius 3 is 2.25 bits per heavy atom. The van der Waals surface area contributed by atoms with Gasteiger partial charge in [-0.05, 0) is 53.0 Å². The predicted octanol–water partition coefficient (Wildman–Crippen LogP) is 6.64. The lowest BCUT2D eigenvalue weighted by Gasteiger charge is -2.48. The van der Waals surface area contributed by atoms with E-state index in [0.29, 0.717) is 5.92 Å². The molecule has 1 aliphatic rings. The Morgan fingerprint density at radius 1 is 1.00 bits per heavy atom. The fourth-order valence-corrected chi connectivity index (χ4v) is 4.72. The summed E-state index contributed by atoms with van der Waals surface area (Å²) in [5, 5.41) is 0. The Bertz CT molecular complexity index is 720. The molecule has 0 spiro atoms. The quantitative estimate of drug-likeness (QED) is 0.581. The van der Waals surface area contributed by atoms with Crippen LogP contribution in [0.4, 0.5) is 4.39 Å². The molecule has 0 aromatic heterocycles. The van der Waals surface area contributed by atoms with E-state index in [2.05, 4.69) is 52.0 Å². The van der Waals surface area contributed by atoms with Gasteiger partial charge < -0.3 is 0 Å². The summed E-state index contributed by atoms with van der Waals surface area (Å²) in [7, 11) is 0. The van der Waals surface area contributed by atoms with Gasteiger partial charge in [-0.25, -0.2) is 4.39 Å². The van der Waals surface area contributed by atoms with Gasteiger partial charge in [0, 0.05) is 5.92 Å². The van der Waals surface area contributed by atoms with Crippen molar-refractivity contribution in [1.82, 2.24) is 0 Å². The van der Waals surface area contributed by atoms with E-state index in [1.54, 1.807) is 12.1 Å². The molecule has 1 unspecified atom stereocenters. The molecule has 1 atom stereocenters. The molecule has 1 heteroatoms. The zero-order valence-corrected chi connectivity index (χ0v) is 15.1. The van der Waals surface area contributed by atoms with Crippen LogP contribution in [0.25, 0.3) is 6.08 Å². The summed E-state index contributed by atoms with van der Waals surface area (Å²) >= 11 is 0. The molecule has 1 radical (unpaired) electrons. The van der Waals surface area contributed by atoms with Crippen molar-refractivity contribution in [1.29, 1.82) is 0 Å². The zero-order valence-electron chi connectivity index (χ0n) is 15.1. The van der Waals surface area contributed by atoms with E-state index >= 15 is 0 Å². The molecule has 0 nitrogen and oxygen atoms in total. The minimum Gasteiger partial charge on any atom is -0.207 e. The Balaban J connectivity index is 2.09. The maximum Gasteiger partial charge on any atom is 0.123 e. The molecule has 0 amide bonds. The van der Waals surface area contributed by atoms with Gasteiger partial charge in [0.1, 0.15) is 5.82 Å². The molecule has 2 aromatic carbocycles. The van der Waals surface area contributed by atoms with E-state index in [0.717, 1.165) is 12.8 Å². The zero-order chi connectivity index (χ0) is 17.4. The number of hydrogen-bond donors (Lipinski definition) is 0. The van der Waals surface area contributed by atoms with Crippen molar-refractivity contribution in [3.8, 4) is 0 Å². The van der Waals surface area contributed by atoms with Gasteiger partial charge in [-0.3, -0.25) is 0 Å². The van der Waals surface area contributed by atoms with Crippen molar-refractivity contribution in [2.45, 2.75) is 46.5 Å². The van der Waals surface area contributed by atoms with E-state index in [1.807, 2.05) is 24.3 Å².